The molecule has 18 heavy (non-hydrogen) atoms. The number of benzene rings is 1. The van der Waals surface area contributed by atoms with E-state index in [0.29, 0.717) is 5.56 Å². The lowest BCUT2D eigenvalue weighted by molar-refractivity contribution is -0.114. The lowest BCUT2D eigenvalue weighted by Gasteiger charge is -2.08. The summed E-state index contributed by atoms with van der Waals surface area (Å²) < 4.78 is 0. The minimum Gasteiger partial charge on any atom is -0.366 e. The van der Waals surface area contributed by atoms with Gasteiger partial charge in [0.2, 0.25) is 11.8 Å². The third kappa shape index (κ3) is 2.41. The zero-order valence-corrected chi connectivity index (χ0v) is 10.6. The van der Waals surface area contributed by atoms with E-state index in [9.17, 15) is 9.59 Å². The van der Waals surface area contributed by atoms with Gasteiger partial charge in [0.15, 0.2) is 0 Å². The van der Waals surface area contributed by atoms with Crippen LogP contribution in [0.1, 0.15) is 17.3 Å². The van der Waals surface area contributed by atoms with Crippen molar-refractivity contribution >= 4 is 28.2 Å². The smallest absolute Gasteiger partial charge is 0.249 e. The molecule has 1 heterocycles. The molecular formula is C13H12N2O2S. The number of amides is 2. The Kier molecular flexibility index (Phi) is 3.43. The van der Waals surface area contributed by atoms with Crippen LogP contribution in [0.5, 0.6) is 0 Å². The second-order valence-corrected chi connectivity index (χ2v) is 4.67. The van der Waals surface area contributed by atoms with Gasteiger partial charge in [-0.3, -0.25) is 9.59 Å². The van der Waals surface area contributed by atoms with Gasteiger partial charge in [-0.2, -0.15) is 0 Å². The highest BCUT2D eigenvalue weighted by Crippen LogP contribution is 2.34. The molecule has 3 N–H and O–H groups in total. The van der Waals surface area contributed by atoms with Gasteiger partial charge in [0.1, 0.15) is 5.00 Å². The molecule has 2 aromatic rings. The van der Waals surface area contributed by atoms with Crippen LogP contribution in [0.3, 0.4) is 0 Å². The Balaban J connectivity index is 2.52. The first kappa shape index (κ1) is 12.3. The molecule has 0 spiro atoms. The van der Waals surface area contributed by atoms with Crippen molar-refractivity contribution in [3.63, 3.8) is 0 Å². The van der Waals surface area contributed by atoms with E-state index < -0.39 is 5.91 Å². The van der Waals surface area contributed by atoms with Crippen LogP contribution in [0.25, 0.3) is 11.1 Å². The summed E-state index contributed by atoms with van der Waals surface area (Å²) in [4.78, 5) is 22.5. The molecule has 0 bridgehead atoms. The SMILES string of the molecule is CC(=O)Nc1sccc1-c1ccccc1C(N)=O. The Labute approximate surface area is 108 Å². The fraction of sp³-hybridized carbons (Fsp3) is 0.0769. The number of anilines is 1. The maximum Gasteiger partial charge on any atom is 0.249 e. The predicted molar refractivity (Wildman–Crippen MR) is 72.6 cm³/mol. The molecule has 0 aliphatic heterocycles. The molecule has 1 aromatic heterocycles. The van der Waals surface area contributed by atoms with Crippen LogP contribution in [0, 0.1) is 0 Å². The number of hydrogen-bond donors (Lipinski definition) is 2. The van der Waals surface area contributed by atoms with E-state index in [1.807, 2.05) is 23.6 Å². The van der Waals surface area contributed by atoms with Crippen LogP contribution >= 0.6 is 11.3 Å². The van der Waals surface area contributed by atoms with Gasteiger partial charge in [0.05, 0.1) is 0 Å². The highest BCUT2D eigenvalue weighted by Gasteiger charge is 2.14. The first-order valence-corrected chi connectivity index (χ1v) is 6.22. The molecule has 0 unspecified atom stereocenters. The highest BCUT2D eigenvalue weighted by atomic mass is 32.1. The average molecular weight is 260 g/mol. The van der Waals surface area contributed by atoms with Crippen molar-refractivity contribution in [1.29, 1.82) is 0 Å². The van der Waals surface area contributed by atoms with Crippen molar-refractivity contribution in [2.24, 2.45) is 5.73 Å². The monoisotopic (exact) mass is 260 g/mol. The zero-order valence-electron chi connectivity index (χ0n) is 9.77. The van der Waals surface area contributed by atoms with Crippen molar-refractivity contribution in [2.75, 3.05) is 5.32 Å². The van der Waals surface area contributed by atoms with Crippen molar-refractivity contribution in [2.45, 2.75) is 6.92 Å². The van der Waals surface area contributed by atoms with Crippen molar-refractivity contribution in [3.8, 4) is 11.1 Å². The molecular weight excluding hydrogens is 248 g/mol. The Morgan fingerprint density at radius 1 is 1.17 bits per heavy atom. The lowest BCUT2D eigenvalue weighted by atomic mass is 10.0. The number of nitrogens with two attached hydrogens (primary N) is 1. The Morgan fingerprint density at radius 3 is 2.56 bits per heavy atom. The molecule has 4 nitrogen and oxygen atoms in total. The minimum atomic E-state index is -0.481. The quantitative estimate of drug-likeness (QED) is 0.889. The number of primary amides is 1. The van der Waals surface area contributed by atoms with Crippen LogP contribution in [0.2, 0.25) is 0 Å². The molecule has 0 aliphatic carbocycles. The van der Waals surface area contributed by atoms with Crippen LogP contribution in [0.15, 0.2) is 35.7 Å². The first-order chi connectivity index (χ1) is 8.59. The van der Waals surface area contributed by atoms with Crippen LogP contribution in [0.4, 0.5) is 5.00 Å². The molecule has 0 fully saturated rings. The van der Waals surface area contributed by atoms with Crippen LogP contribution in [-0.4, -0.2) is 11.8 Å². The van der Waals surface area contributed by atoms with Gasteiger partial charge in [-0.25, -0.2) is 0 Å². The van der Waals surface area contributed by atoms with Crippen LogP contribution in [-0.2, 0) is 4.79 Å². The van der Waals surface area contributed by atoms with E-state index in [2.05, 4.69) is 5.32 Å². The van der Waals surface area contributed by atoms with Crippen molar-refractivity contribution in [3.05, 3.63) is 41.3 Å². The minimum absolute atomic E-state index is 0.143. The second kappa shape index (κ2) is 5.01. The van der Waals surface area contributed by atoms with Gasteiger partial charge < -0.3 is 11.1 Å². The number of rotatable bonds is 3. The lowest BCUT2D eigenvalue weighted by Crippen LogP contribution is -2.12. The van der Waals surface area contributed by atoms with Crippen LogP contribution < -0.4 is 11.1 Å². The number of hydrogen-bond acceptors (Lipinski definition) is 3. The molecule has 5 heteroatoms. The normalized spacial score (nSPS) is 10.1. The fourth-order valence-electron chi connectivity index (χ4n) is 1.71. The van der Waals surface area contributed by atoms with E-state index in [1.54, 1.807) is 12.1 Å². The Bertz CT molecular complexity index is 605. The third-order valence-electron chi connectivity index (χ3n) is 2.44. The summed E-state index contributed by atoms with van der Waals surface area (Å²) >= 11 is 1.41. The summed E-state index contributed by atoms with van der Waals surface area (Å²) in [7, 11) is 0. The highest BCUT2D eigenvalue weighted by molar-refractivity contribution is 7.15. The maximum atomic E-state index is 11.4. The molecule has 0 saturated heterocycles. The van der Waals surface area contributed by atoms with E-state index in [1.165, 1.54) is 18.3 Å². The number of carbonyl (C=O) groups is 2. The largest absolute Gasteiger partial charge is 0.366 e. The average Bonchev–Trinajstić information content (AvgIpc) is 2.76. The molecule has 2 amide bonds. The molecule has 0 atom stereocenters. The maximum absolute atomic E-state index is 11.4. The van der Waals surface area contributed by atoms with E-state index in [4.69, 9.17) is 5.73 Å². The number of carbonyl (C=O) groups excluding carboxylic acids is 2. The first-order valence-electron chi connectivity index (χ1n) is 5.34. The van der Waals surface area contributed by atoms with Gasteiger partial charge in [0, 0.05) is 18.1 Å². The summed E-state index contributed by atoms with van der Waals surface area (Å²) in [6, 6.07) is 8.93. The van der Waals surface area contributed by atoms with E-state index >= 15 is 0 Å². The Hall–Kier alpha value is -2.14. The predicted octanol–water partition coefficient (Wildman–Crippen LogP) is 2.47. The van der Waals surface area contributed by atoms with Gasteiger partial charge in [-0.1, -0.05) is 18.2 Å². The molecule has 0 radical (unpaired) electrons. The second-order valence-electron chi connectivity index (χ2n) is 3.75. The summed E-state index contributed by atoms with van der Waals surface area (Å²) in [5.74, 6) is -0.624. The third-order valence-corrected chi connectivity index (χ3v) is 3.27. The molecule has 1 aromatic carbocycles. The molecule has 0 aliphatic rings. The van der Waals surface area contributed by atoms with Gasteiger partial charge in [0.25, 0.3) is 0 Å². The van der Waals surface area contributed by atoms with Crippen molar-refractivity contribution < 1.29 is 9.59 Å². The zero-order chi connectivity index (χ0) is 13.1. The summed E-state index contributed by atoms with van der Waals surface area (Å²) in [5, 5.41) is 5.32. The van der Waals surface area contributed by atoms with Gasteiger partial charge >= 0.3 is 0 Å². The molecule has 0 saturated carbocycles. The fourth-order valence-corrected chi connectivity index (χ4v) is 2.56. The van der Waals surface area contributed by atoms with Gasteiger partial charge in [-0.15, -0.1) is 11.3 Å². The summed E-state index contributed by atoms with van der Waals surface area (Å²) in [5.41, 5.74) is 7.34. The topological polar surface area (TPSA) is 72.2 Å². The molecule has 2 rings (SSSR count). The number of nitrogens with one attached hydrogen (secondary N) is 1. The summed E-state index contributed by atoms with van der Waals surface area (Å²) in [6.45, 7) is 1.45. The van der Waals surface area contributed by atoms with Gasteiger partial charge in [-0.05, 0) is 23.1 Å². The Morgan fingerprint density at radius 2 is 1.89 bits per heavy atom. The van der Waals surface area contributed by atoms with Crippen molar-refractivity contribution in [1.82, 2.24) is 0 Å². The van der Waals surface area contributed by atoms with E-state index in [-0.39, 0.29) is 5.91 Å². The standard InChI is InChI=1S/C13H12N2O2S/c1-8(16)15-13-11(6-7-18-13)9-4-2-3-5-10(9)12(14)17/h2-7H,1H3,(H2,14,17)(H,15,16). The van der Waals surface area contributed by atoms with E-state index in [0.717, 1.165) is 16.1 Å². The number of thiophene rings is 1. The molecule has 92 valence electrons. The summed E-state index contributed by atoms with van der Waals surface area (Å²) in [6.07, 6.45) is 0.